The van der Waals surface area contributed by atoms with Crippen molar-refractivity contribution in [2.24, 2.45) is 11.7 Å². The van der Waals surface area contributed by atoms with Crippen molar-refractivity contribution in [2.75, 3.05) is 6.54 Å². The topological polar surface area (TPSA) is 59.2 Å². The summed E-state index contributed by atoms with van der Waals surface area (Å²) in [6.07, 6.45) is 8.34. The van der Waals surface area contributed by atoms with Crippen LogP contribution in [0.4, 0.5) is 0 Å². The lowest BCUT2D eigenvalue weighted by Crippen LogP contribution is -2.41. The quantitative estimate of drug-likeness (QED) is 0.783. The molecule has 0 bridgehead atoms. The zero-order chi connectivity index (χ0) is 17.5. The molecule has 0 aliphatic heterocycles. The first-order valence-corrected chi connectivity index (χ1v) is 9.19. The molecule has 27 heavy (non-hydrogen) atoms. The first-order chi connectivity index (χ1) is 12.2. The van der Waals surface area contributed by atoms with Gasteiger partial charge in [0.1, 0.15) is 0 Å². The van der Waals surface area contributed by atoms with E-state index in [4.69, 9.17) is 5.73 Å². The average Bonchev–Trinajstić information content (AvgIpc) is 2.66. The first-order valence-electron chi connectivity index (χ1n) is 9.19. The zero-order valence-electron chi connectivity index (χ0n) is 15.5. The highest BCUT2D eigenvalue weighted by atomic mass is 35.5. The van der Waals surface area contributed by atoms with E-state index < -0.39 is 0 Å². The normalized spacial score (nSPS) is 18.7. The van der Waals surface area contributed by atoms with E-state index in [1.165, 1.54) is 5.56 Å². The fourth-order valence-corrected chi connectivity index (χ4v) is 3.60. The maximum absolute atomic E-state index is 13.1. The highest BCUT2D eigenvalue weighted by Crippen LogP contribution is 2.25. The Morgan fingerprint density at radius 1 is 1.07 bits per heavy atom. The van der Waals surface area contributed by atoms with Gasteiger partial charge in [0, 0.05) is 37.4 Å². The summed E-state index contributed by atoms with van der Waals surface area (Å²) in [7, 11) is 0. The van der Waals surface area contributed by atoms with Gasteiger partial charge in [0.2, 0.25) is 5.91 Å². The first kappa shape index (κ1) is 23.4. The Balaban J connectivity index is 0.00000182. The summed E-state index contributed by atoms with van der Waals surface area (Å²) < 4.78 is 0. The number of benzene rings is 1. The molecule has 1 aliphatic carbocycles. The van der Waals surface area contributed by atoms with E-state index in [9.17, 15) is 4.79 Å². The largest absolute Gasteiger partial charge is 0.338 e. The highest BCUT2D eigenvalue weighted by molar-refractivity contribution is 5.85. The maximum Gasteiger partial charge on any atom is 0.226 e. The molecule has 1 aromatic heterocycles. The van der Waals surface area contributed by atoms with Crippen LogP contribution in [0.2, 0.25) is 0 Å². The van der Waals surface area contributed by atoms with Gasteiger partial charge in [-0.25, -0.2) is 0 Å². The van der Waals surface area contributed by atoms with Gasteiger partial charge < -0.3 is 10.6 Å². The second-order valence-electron chi connectivity index (χ2n) is 6.98. The number of hydrogen-bond acceptors (Lipinski definition) is 3. The van der Waals surface area contributed by atoms with Gasteiger partial charge in [-0.05, 0) is 42.9 Å². The molecule has 2 N–H and O–H groups in total. The molecule has 148 valence electrons. The van der Waals surface area contributed by atoms with Crippen molar-refractivity contribution in [3.05, 3.63) is 66.0 Å². The molecule has 1 fully saturated rings. The number of amides is 1. The van der Waals surface area contributed by atoms with Crippen LogP contribution in [0.15, 0.2) is 54.9 Å². The fourth-order valence-electron chi connectivity index (χ4n) is 3.60. The predicted molar refractivity (Wildman–Crippen MR) is 114 cm³/mol. The lowest BCUT2D eigenvalue weighted by atomic mass is 9.85. The minimum atomic E-state index is 0. The molecule has 0 radical (unpaired) electrons. The molecule has 1 heterocycles. The summed E-state index contributed by atoms with van der Waals surface area (Å²) in [6.45, 7) is 1.34. The Bertz CT molecular complexity index is 670. The maximum atomic E-state index is 13.1. The highest BCUT2D eigenvalue weighted by Gasteiger charge is 2.29. The molecule has 1 saturated carbocycles. The third-order valence-corrected chi connectivity index (χ3v) is 4.99. The third kappa shape index (κ3) is 7.13. The molecule has 1 aromatic carbocycles. The smallest absolute Gasteiger partial charge is 0.226 e. The Kier molecular flexibility index (Phi) is 10.4. The summed E-state index contributed by atoms with van der Waals surface area (Å²) in [5.41, 5.74) is 8.43. The van der Waals surface area contributed by atoms with Crippen LogP contribution in [0.5, 0.6) is 0 Å². The molecule has 2 atom stereocenters. The van der Waals surface area contributed by atoms with Crippen LogP contribution in [0.3, 0.4) is 0 Å². The molecule has 3 rings (SSSR count). The second kappa shape index (κ2) is 12.0. The van der Waals surface area contributed by atoms with Crippen molar-refractivity contribution in [3.63, 3.8) is 0 Å². The van der Waals surface area contributed by atoms with Crippen LogP contribution >= 0.6 is 24.8 Å². The minimum Gasteiger partial charge on any atom is -0.338 e. The van der Waals surface area contributed by atoms with Gasteiger partial charge in [-0.15, -0.1) is 24.8 Å². The Morgan fingerprint density at radius 2 is 1.81 bits per heavy atom. The van der Waals surface area contributed by atoms with E-state index in [0.29, 0.717) is 6.54 Å². The van der Waals surface area contributed by atoms with Crippen molar-refractivity contribution >= 4 is 30.7 Å². The molecular weight excluding hydrogens is 381 g/mol. The van der Waals surface area contributed by atoms with Crippen LogP contribution in [-0.2, 0) is 17.8 Å². The Labute approximate surface area is 174 Å². The number of nitrogens with two attached hydrogens (primary N) is 1. The third-order valence-electron chi connectivity index (χ3n) is 4.99. The van der Waals surface area contributed by atoms with Gasteiger partial charge in [0.15, 0.2) is 0 Å². The van der Waals surface area contributed by atoms with Crippen LogP contribution in [-0.4, -0.2) is 28.4 Å². The summed E-state index contributed by atoms with van der Waals surface area (Å²) in [4.78, 5) is 19.3. The van der Waals surface area contributed by atoms with Gasteiger partial charge in [-0.1, -0.05) is 42.8 Å². The SMILES string of the molecule is Cl.Cl.N[C@H]1CCC[C@@H](C(=O)N(CCc2ccccc2)Cc2cccnc2)C1. The predicted octanol–water partition coefficient (Wildman–Crippen LogP) is 4.01. The van der Waals surface area contributed by atoms with Crippen LogP contribution < -0.4 is 5.73 Å². The number of nitrogens with zero attached hydrogens (tertiary/aromatic N) is 2. The molecule has 1 amide bonds. The van der Waals surface area contributed by atoms with Gasteiger partial charge >= 0.3 is 0 Å². The number of hydrogen-bond donors (Lipinski definition) is 1. The monoisotopic (exact) mass is 409 g/mol. The Morgan fingerprint density at radius 3 is 2.48 bits per heavy atom. The lowest BCUT2D eigenvalue weighted by molar-refractivity contribution is -0.137. The van der Waals surface area contributed by atoms with E-state index in [1.54, 1.807) is 6.20 Å². The number of carbonyl (C=O) groups excluding carboxylic acids is 1. The molecule has 1 aliphatic rings. The van der Waals surface area contributed by atoms with Gasteiger partial charge in [-0.3, -0.25) is 9.78 Å². The van der Waals surface area contributed by atoms with Crippen LogP contribution in [0.25, 0.3) is 0 Å². The van der Waals surface area contributed by atoms with E-state index in [-0.39, 0.29) is 42.7 Å². The van der Waals surface area contributed by atoms with E-state index >= 15 is 0 Å². The zero-order valence-corrected chi connectivity index (χ0v) is 17.1. The fraction of sp³-hybridized carbons (Fsp3) is 0.429. The minimum absolute atomic E-state index is 0. The molecule has 6 heteroatoms. The summed E-state index contributed by atoms with van der Waals surface area (Å²) in [5, 5.41) is 0. The van der Waals surface area contributed by atoms with Crippen LogP contribution in [0, 0.1) is 5.92 Å². The average molecular weight is 410 g/mol. The molecular formula is C21H29Cl2N3O. The standard InChI is InChI=1S/C21H27N3O.2ClH/c22-20-10-4-9-19(14-20)21(25)24(16-18-8-5-12-23-15-18)13-11-17-6-2-1-3-7-17;;/h1-3,5-8,12,15,19-20H,4,9-11,13-14,16,22H2;2*1H/t19-,20+;;/m1../s1. The molecule has 0 unspecified atom stereocenters. The number of aromatic nitrogens is 1. The molecule has 4 nitrogen and oxygen atoms in total. The van der Waals surface area contributed by atoms with E-state index in [2.05, 4.69) is 17.1 Å². The lowest BCUT2D eigenvalue weighted by Gasteiger charge is -2.31. The van der Waals surface area contributed by atoms with Crippen molar-refractivity contribution in [1.29, 1.82) is 0 Å². The van der Waals surface area contributed by atoms with Gasteiger partial charge in [0.05, 0.1) is 0 Å². The number of carbonyl (C=O) groups is 1. The number of halogens is 2. The summed E-state index contributed by atoms with van der Waals surface area (Å²) in [6, 6.07) is 14.5. The molecule has 0 saturated heterocycles. The van der Waals surface area contributed by atoms with Gasteiger partial charge in [0.25, 0.3) is 0 Å². The number of rotatable bonds is 6. The van der Waals surface area contributed by atoms with E-state index in [1.807, 2.05) is 41.4 Å². The Hall–Kier alpha value is -1.62. The van der Waals surface area contributed by atoms with Crippen molar-refractivity contribution in [1.82, 2.24) is 9.88 Å². The van der Waals surface area contributed by atoms with Crippen molar-refractivity contribution < 1.29 is 4.79 Å². The summed E-state index contributed by atoms with van der Waals surface area (Å²) >= 11 is 0. The molecule has 0 spiro atoms. The van der Waals surface area contributed by atoms with Crippen LogP contribution in [0.1, 0.15) is 36.8 Å². The second-order valence-corrected chi connectivity index (χ2v) is 6.98. The van der Waals surface area contributed by atoms with Gasteiger partial charge in [-0.2, -0.15) is 0 Å². The van der Waals surface area contributed by atoms with E-state index in [0.717, 1.165) is 44.2 Å². The number of pyridine rings is 1. The molecule has 2 aromatic rings. The van der Waals surface area contributed by atoms with Crippen molar-refractivity contribution in [2.45, 2.75) is 44.7 Å². The summed E-state index contributed by atoms with van der Waals surface area (Å²) in [5.74, 6) is 0.311. The van der Waals surface area contributed by atoms with Crippen molar-refractivity contribution in [3.8, 4) is 0 Å².